The number of amides is 4. The number of rotatable bonds is 9. The Morgan fingerprint density at radius 3 is 2.73 bits per heavy atom. The minimum atomic E-state index is -0.588. The summed E-state index contributed by atoms with van der Waals surface area (Å²) in [5.74, 6) is 0.0931. The Morgan fingerprint density at radius 1 is 1.17 bits per heavy atom. The van der Waals surface area contributed by atoms with Crippen molar-refractivity contribution in [2.75, 3.05) is 25.1 Å². The van der Waals surface area contributed by atoms with Crippen LogP contribution in [0.1, 0.15) is 26.7 Å². The van der Waals surface area contributed by atoms with Crippen LogP contribution in [0.15, 0.2) is 47.5 Å². The first kappa shape index (κ1) is 21.3. The normalized spacial score (nSPS) is 17.5. The Kier molecular flexibility index (Phi) is 7.00. The van der Waals surface area contributed by atoms with Gasteiger partial charge in [-0.1, -0.05) is 18.2 Å². The van der Waals surface area contributed by atoms with Gasteiger partial charge in [0.25, 0.3) is 0 Å². The second kappa shape index (κ2) is 9.87. The van der Waals surface area contributed by atoms with Gasteiger partial charge in [-0.3, -0.25) is 14.5 Å². The lowest BCUT2D eigenvalue weighted by atomic mass is 9.95. The molecule has 1 unspecified atom stereocenters. The number of ether oxygens (including phenoxy) is 2. The van der Waals surface area contributed by atoms with Crippen LogP contribution in [0.5, 0.6) is 11.5 Å². The third-order valence-corrected chi connectivity index (χ3v) is 4.61. The van der Waals surface area contributed by atoms with E-state index in [-0.39, 0.29) is 24.8 Å². The van der Waals surface area contributed by atoms with Crippen LogP contribution in [0.2, 0.25) is 0 Å². The van der Waals surface area contributed by atoms with Crippen LogP contribution >= 0.6 is 0 Å². The molecule has 8 heteroatoms. The first-order chi connectivity index (χ1) is 14.5. The van der Waals surface area contributed by atoms with Crippen molar-refractivity contribution < 1.29 is 23.9 Å². The number of hydrogen-bond donors (Lipinski definition) is 1. The van der Waals surface area contributed by atoms with Crippen molar-refractivity contribution in [2.45, 2.75) is 26.7 Å². The van der Waals surface area contributed by atoms with Gasteiger partial charge in [0.1, 0.15) is 11.5 Å². The summed E-state index contributed by atoms with van der Waals surface area (Å²) in [5.41, 5.74) is 0.977. The maximum atomic E-state index is 12.6. The van der Waals surface area contributed by atoms with E-state index in [4.69, 9.17) is 9.47 Å². The van der Waals surface area contributed by atoms with Crippen LogP contribution in [-0.4, -0.2) is 48.2 Å². The number of urea groups is 1. The molecule has 3 rings (SSSR count). The van der Waals surface area contributed by atoms with Crippen molar-refractivity contribution in [3.8, 4) is 11.5 Å². The minimum Gasteiger partial charge on any atom is -0.494 e. The fraction of sp³-hybridized carbons (Fsp3) is 0.364. The number of aliphatic imine (C=N–C) groups is 1. The van der Waals surface area contributed by atoms with Crippen molar-refractivity contribution in [1.82, 2.24) is 4.90 Å². The lowest BCUT2D eigenvalue weighted by Crippen LogP contribution is -2.46. The highest BCUT2D eigenvalue weighted by molar-refractivity contribution is 6.21. The molecule has 0 spiro atoms. The van der Waals surface area contributed by atoms with Gasteiger partial charge in [-0.25, -0.2) is 4.79 Å². The fourth-order valence-corrected chi connectivity index (χ4v) is 3.24. The molecule has 8 nitrogen and oxygen atoms in total. The predicted octanol–water partition coefficient (Wildman–Crippen LogP) is 3.35. The maximum absolute atomic E-state index is 12.6. The second-order valence-corrected chi connectivity index (χ2v) is 6.71. The van der Waals surface area contributed by atoms with E-state index in [2.05, 4.69) is 10.3 Å². The van der Waals surface area contributed by atoms with Crippen molar-refractivity contribution in [3.05, 3.63) is 42.5 Å². The van der Waals surface area contributed by atoms with E-state index in [9.17, 15) is 14.4 Å². The van der Waals surface area contributed by atoms with Gasteiger partial charge in [-0.15, -0.1) is 0 Å². The average Bonchev–Trinajstić information content (AvgIpc) is 2.72. The van der Waals surface area contributed by atoms with Crippen LogP contribution in [0.3, 0.4) is 0 Å². The summed E-state index contributed by atoms with van der Waals surface area (Å²) in [7, 11) is 0. The average molecular weight is 411 g/mol. The topological polar surface area (TPSA) is 97.3 Å². The molecule has 0 saturated carbocycles. The predicted molar refractivity (Wildman–Crippen MR) is 113 cm³/mol. The molecule has 2 aliphatic rings. The summed E-state index contributed by atoms with van der Waals surface area (Å²) in [6.45, 7) is 4.84. The van der Waals surface area contributed by atoms with Gasteiger partial charge in [0.2, 0.25) is 11.8 Å². The van der Waals surface area contributed by atoms with Gasteiger partial charge < -0.3 is 14.8 Å². The van der Waals surface area contributed by atoms with Gasteiger partial charge >= 0.3 is 6.03 Å². The number of imide groups is 1. The molecule has 1 aromatic carbocycles. The number of nitrogens with one attached hydrogen (secondary N) is 1. The molecule has 1 aromatic rings. The highest BCUT2D eigenvalue weighted by Gasteiger charge is 2.35. The van der Waals surface area contributed by atoms with E-state index in [0.717, 1.165) is 4.90 Å². The number of anilines is 1. The largest absolute Gasteiger partial charge is 0.494 e. The van der Waals surface area contributed by atoms with Gasteiger partial charge in [0, 0.05) is 19.0 Å². The van der Waals surface area contributed by atoms with Gasteiger partial charge in [0.05, 0.1) is 30.5 Å². The third kappa shape index (κ3) is 4.94. The zero-order valence-corrected chi connectivity index (χ0v) is 17.1. The first-order valence-electron chi connectivity index (χ1n) is 10.0. The highest BCUT2D eigenvalue weighted by Crippen LogP contribution is 2.29. The lowest BCUT2D eigenvalue weighted by Gasteiger charge is -2.28. The molecular weight excluding hydrogens is 386 g/mol. The van der Waals surface area contributed by atoms with Crippen molar-refractivity contribution in [1.29, 1.82) is 0 Å². The molecule has 0 aromatic heterocycles. The highest BCUT2D eigenvalue weighted by atomic mass is 16.5. The van der Waals surface area contributed by atoms with Gasteiger partial charge in [-0.2, -0.15) is 4.99 Å². The molecule has 0 radical (unpaired) electrons. The molecule has 1 heterocycles. The third-order valence-electron chi connectivity index (χ3n) is 4.61. The van der Waals surface area contributed by atoms with E-state index >= 15 is 0 Å². The molecule has 158 valence electrons. The zero-order valence-electron chi connectivity index (χ0n) is 17.1. The number of allylic oxidation sites excluding steroid dienone is 3. The Bertz CT molecular complexity index is 919. The summed E-state index contributed by atoms with van der Waals surface area (Å²) in [4.78, 5) is 42.2. The maximum Gasteiger partial charge on any atom is 0.350 e. The van der Waals surface area contributed by atoms with E-state index in [1.54, 1.807) is 42.5 Å². The molecular formula is C22H25N3O5. The van der Waals surface area contributed by atoms with Crippen LogP contribution in [0.25, 0.3) is 0 Å². The van der Waals surface area contributed by atoms with Crippen LogP contribution in [0, 0.1) is 5.92 Å². The molecule has 0 saturated heterocycles. The van der Waals surface area contributed by atoms with Gasteiger partial charge in [0.15, 0.2) is 0 Å². The molecule has 1 aliphatic carbocycles. The van der Waals surface area contributed by atoms with Crippen molar-refractivity contribution >= 4 is 29.2 Å². The van der Waals surface area contributed by atoms with E-state index in [0.29, 0.717) is 42.5 Å². The summed E-state index contributed by atoms with van der Waals surface area (Å²) in [5, 5.41) is 2.82. The van der Waals surface area contributed by atoms with Crippen LogP contribution in [-0.2, 0) is 9.59 Å². The number of fused-ring (bicyclic) bond motifs is 1. The van der Waals surface area contributed by atoms with Crippen molar-refractivity contribution in [3.63, 3.8) is 0 Å². The summed E-state index contributed by atoms with van der Waals surface area (Å²) in [6, 6.07) is 4.65. The van der Waals surface area contributed by atoms with Crippen molar-refractivity contribution in [2.24, 2.45) is 10.9 Å². The molecule has 1 atom stereocenters. The SMILES string of the molecule is CCOc1ccc(OCC)c(NC(=O)CCCN2C(=O)N=C3C=CC=CC3C2=O)c1. The van der Waals surface area contributed by atoms with Crippen LogP contribution in [0.4, 0.5) is 10.5 Å². The standard InChI is InChI=1S/C22H25N3O5/c1-3-29-15-11-12-19(30-4-2)18(14-15)23-20(26)10-7-13-25-21(27)16-8-5-6-9-17(16)24-22(25)28/h5-6,8-9,11-12,14,16H,3-4,7,10,13H2,1-2H3,(H,23,26). The molecule has 1 N–H and O–H groups in total. The number of nitrogens with zero attached hydrogens (tertiary/aromatic N) is 2. The molecule has 30 heavy (non-hydrogen) atoms. The van der Waals surface area contributed by atoms with Crippen LogP contribution < -0.4 is 14.8 Å². The monoisotopic (exact) mass is 411 g/mol. The smallest absolute Gasteiger partial charge is 0.350 e. The lowest BCUT2D eigenvalue weighted by molar-refractivity contribution is -0.129. The Labute approximate surface area is 175 Å². The van der Waals surface area contributed by atoms with E-state index in [1.807, 2.05) is 13.8 Å². The summed E-state index contributed by atoms with van der Waals surface area (Å²) >= 11 is 0. The zero-order chi connectivity index (χ0) is 21.5. The Morgan fingerprint density at radius 2 is 1.97 bits per heavy atom. The van der Waals surface area contributed by atoms with E-state index < -0.39 is 11.9 Å². The molecule has 4 amide bonds. The number of carbonyl (C=O) groups is 3. The number of hydrogen-bond acceptors (Lipinski definition) is 5. The minimum absolute atomic E-state index is 0.132. The fourth-order valence-electron chi connectivity index (χ4n) is 3.24. The second-order valence-electron chi connectivity index (χ2n) is 6.71. The summed E-state index contributed by atoms with van der Waals surface area (Å²) < 4.78 is 11.0. The number of carbonyl (C=O) groups excluding carboxylic acids is 3. The quantitative estimate of drug-likeness (QED) is 0.672. The Balaban J connectivity index is 1.57. The Hall–Kier alpha value is -3.42. The van der Waals surface area contributed by atoms with Gasteiger partial charge in [-0.05, 0) is 38.5 Å². The molecule has 0 bridgehead atoms. The first-order valence-corrected chi connectivity index (χ1v) is 10.0. The summed E-state index contributed by atoms with van der Waals surface area (Å²) in [6.07, 6.45) is 7.35. The number of benzene rings is 1. The molecule has 1 aliphatic heterocycles. The van der Waals surface area contributed by atoms with E-state index in [1.165, 1.54) is 0 Å². The molecule has 0 fully saturated rings.